The van der Waals surface area contributed by atoms with Crippen LogP contribution in [0.3, 0.4) is 0 Å². The van der Waals surface area contributed by atoms with E-state index in [1.807, 2.05) is 7.11 Å². The number of rotatable bonds is 11. The lowest BCUT2D eigenvalue weighted by molar-refractivity contribution is 0.308. The number of hydrogen-bond donors (Lipinski definition) is 0. The third-order valence-electron chi connectivity index (χ3n) is 11.2. The van der Waals surface area contributed by atoms with E-state index < -0.39 is 23.7 Å². The molecule has 0 N–H and O–H groups in total. The van der Waals surface area contributed by atoms with Crippen molar-refractivity contribution in [1.82, 2.24) is 4.31 Å². The Morgan fingerprint density at radius 2 is 1.27 bits per heavy atom. The second kappa shape index (κ2) is 17.1. The summed E-state index contributed by atoms with van der Waals surface area (Å²) in [5.74, 6) is 2.00. The van der Waals surface area contributed by atoms with E-state index in [1.165, 1.54) is 97.3 Å². The average molecular weight is 746 g/mol. The van der Waals surface area contributed by atoms with Gasteiger partial charge in [-0.15, -0.1) is 0 Å². The standard InChI is InChI=1S/C46H68NO3PS/c1-44(2,3)38-30-34(31-39(42(38)49-11)45(4,5)6)41(47(10)52(48)46(7,8)9)37-28-21-29-40(50-32-33-22-15-12-16-23-33)43(37)51(35-24-17-13-18-25-35)36-26-19-14-20-27-36/h12,15-16,21-23,28-31,35-36,41H,13-14,17-20,24-27,32H2,1-11H3/t41-,52+/m0/s1. The van der Waals surface area contributed by atoms with Gasteiger partial charge in [0.05, 0.1) is 17.9 Å². The summed E-state index contributed by atoms with van der Waals surface area (Å²) in [5.41, 5.74) is 7.06. The van der Waals surface area contributed by atoms with E-state index in [0.29, 0.717) is 17.9 Å². The van der Waals surface area contributed by atoms with E-state index in [4.69, 9.17) is 9.47 Å². The van der Waals surface area contributed by atoms with E-state index in [9.17, 15) is 4.21 Å². The molecule has 0 saturated heterocycles. The van der Waals surface area contributed by atoms with E-state index in [-0.39, 0.29) is 16.9 Å². The van der Waals surface area contributed by atoms with Crippen molar-refractivity contribution in [2.24, 2.45) is 0 Å². The van der Waals surface area contributed by atoms with E-state index in [2.05, 4.69) is 134 Å². The molecule has 0 unspecified atom stereocenters. The lowest BCUT2D eigenvalue weighted by Crippen LogP contribution is -2.40. The minimum atomic E-state index is -1.28. The van der Waals surface area contributed by atoms with Gasteiger partial charge in [-0.3, -0.25) is 0 Å². The third-order valence-corrected chi connectivity index (χ3v) is 16.5. The molecule has 2 atom stereocenters. The molecular formula is C46H68NO3PS. The molecule has 0 aliphatic heterocycles. The van der Waals surface area contributed by atoms with Crippen LogP contribution in [0.4, 0.5) is 0 Å². The Bertz CT molecular complexity index is 1590. The smallest absolute Gasteiger partial charge is 0.127 e. The largest absolute Gasteiger partial charge is 0.496 e. The maximum atomic E-state index is 14.7. The van der Waals surface area contributed by atoms with Gasteiger partial charge >= 0.3 is 0 Å². The predicted molar refractivity (Wildman–Crippen MR) is 225 cm³/mol. The molecule has 2 saturated carbocycles. The van der Waals surface area contributed by atoms with Crippen molar-refractivity contribution in [2.45, 2.75) is 166 Å². The summed E-state index contributed by atoms with van der Waals surface area (Å²) in [6.07, 6.45) is 13.2. The van der Waals surface area contributed by atoms with E-state index in [1.54, 1.807) is 0 Å². The summed E-state index contributed by atoms with van der Waals surface area (Å²) in [4.78, 5) is 0. The zero-order chi connectivity index (χ0) is 37.8. The molecule has 6 heteroatoms. The quantitative estimate of drug-likeness (QED) is 0.183. The van der Waals surface area contributed by atoms with Crippen molar-refractivity contribution in [3.63, 3.8) is 0 Å². The Hall–Kier alpha value is -2.20. The first-order valence-corrected chi connectivity index (χ1v) is 22.6. The molecule has 0 radical (unpaired) electrons. The lowest BCUT2D eigenvalue weighted by atomic mass is 9.77. The van der Waals surface area contributed by atoms with Crippen molar-refractivity contribution in [3.05, 3.63) is 88.5 Å². The van der Waals surface area contributed by atoms with Gasteiger partial charge in [-0.1, -0.05) is 130 Å². The minimum Gasteiger partial charge on any atom is -0.496 e. The molecule has 4 nitrogen and oxygen atoms in total. The van der Waals surface area contributed by atoms with Crippen LogP contribution in [0.2, 0.25) is 0 Å². The molecule has 0 bridgehead atoms. The minimum absolute atomic E-state index is 0.159. The first-order valence-electron chi connectivity index (χ1n) is 20.0. The zero-order valence-corrected chi connectivity index (χ0v) is 36.0. The van der Waals surface area contributed by atoms with Crippen molar-refractivity contribution in [2.75, 3.05) is 14.2 Å². The highest BCUT2D eigenvalue weighted by Gasteiger charge is 2.40. The van der Waals surface area contributed by atoms with Crippen LogP contribution < -0.4 is 14.8 Å². The fourth-order valence-corrected chi connectivity index (χ4v) is 13.9. The van der Waals surface area contributed by atoms with Crippen LogP contribution in [-0.4, -0.2) is 38.7 Å². The van der Waals surface area contributed by atoms with Gasteiger partial charge in [-0.05, 0) is 103 Å². The topological polar surface area (TPSA) is 38.8 Å². The van der Waals surface area contributed by atoms with Crippen LogP contribution in [0, 0.1) is 0 Å². The first kappa shape index (κ1) is 41.0. The molecule has 3 aromatic carbocycles. The molecule has 0 heterocycles. The molecule has 2 aliphatic rings. The van der Waals surface area contributed by atoms with Crippen LogP contribution in [0.5, 0.6) is 11.5 Å². The Balaban J connectivity index is 1.84. The van der Waals surface area contributed by atoms with Crippen molar-refractivity contribution >= 4 is 24.2 Å². The highest BCUT2D eigenvalue weighted by atomic mass is 32.2. The highest BCUT2D eigenvalue weighted by molar-refractivity contribution is 7.84. The average Bonchev–Trinajstić information content (AvgIpc) is 3.11. The molecule has 2 fully saturated rings. The summed E-state index contributed by atoms with van der Waals surface area (Å²) in [5, 5.41) is 1.43. The lowest BCUT2D eigenvalue weighted by Gasteiger charge is -2.42. The van der Waals surface area contributed by atoms with E-state index >= 15 is 0 Å². The molecule has 2 aliphatic carbocycles. The van der Waals surface area contributed by atoms with E-state index in [0.717, 1.165) is 11.5 Å². The molecule has 3 aromatic rings. The van der Waals surface area contributed by atoms with Gasteiger partial charge in [0.25, 0.3) is 0 Å². The van der Waals surface area contributed by atoms with Gasteiger partial charge in [0, 0.05) is 23.5 Å². The molecule has 52 heavy (non-hydrogen) atoms. The second-order valence-electron chi connectivity index (χ2n) is 18.4. The van der Waals surface area contributed by atoms with Gasteiger partial charge in [-0.2, -0.15) is 0 Å². The van der Waals surface area contributed by atoms with Crippen LogP contribution in [0.15, 0.2) is 60.7 Å². The van der Waals surface area contributed by atoms with Gasteiger partial charge in [-0.25, -0.2) is 8.51 Å². The van der Waals surface area contributed by atoms with Crippen molar-refractivity contribution < 1.29 is 13.7 Å². The zero-order valence-electron chi connectivity index (χ0n) is 34.3. The SMILES string of the molecule is COc1c(C(C)(C)C)cc([C@@H](c2cccc(OCc3ccccc3)c2P(C2CCCCC2)C2CCCCC2)N(C)[S@](=O)C(C)(C)C)cc1C(C)(C)C. The Morgan fingerprint density at radius 3 is 1.73 bits per heavy atom. The number of ether oxygens (including phenoxy) is 2. The van der Waals surface area contributed by atoms with Crippen LogP contribution in [0.25, 0.3) is 0 Å². The number of nitrogens with zero attached hydrogens (tertiary/aromatic N) is 1. The summed E-state index contributed by atoms with van der Waals surface area (Å²) in [7, 11) is 2.07. The second-order valence-corrected chi connectivity index (χ2v) is 23.4. The van der Waals surface area contributed by atoms with Gasteiger partial charge in [0.15, 0.2) is 0 Å². The molecule has 5 rings (SSSR count). The van der Waals surface area contributed by atoms with Gasteiger partial charge in [0.1, 0.15) is 29.1 Å². The van der Waals surface area contributed by atoms with Crippen molar-refractivity contribution in [3.8, 4) is 11.5 Å². The van der Waals surface area contributed by atoms with Crippen LogP contribution in [0.1, 0.15) is 160 Å². The molecule has 0 amide bonds. The summed E-state index contributed by atoms with van der Waals surface area (Å²) in [6, 6.07) is 21.9. The predicted octanol–water partition coefficient (Wildman–Crippen LogP) is 12.1. The monoisotopic (exact) mass is 745 g/mol. The Kier molecular flexibility index (Phi) is 13.5. The summed E-state index contributed by atoms with van der Waals surface area (Å²) >= 11 is 0. The van der Waals surface area contributed by atoms with Gasteiger partial charge in [0.2, 0.25) is 0 Å². The fraction of sp³-hybridized carbons (Fsp3) is 0.609. The number of methoxy groups -OCH3 is 1. The molecular weight excluding hydrogens is 678 g/mol. The van der Waals surface area contributed by atoms with Gasteiger partial charge < -0.3 is 9.47 Å². The number of hydrogen-bond acceptors (Lipinski definition) is 3. The molecule has 0 aromatic heterocycles. The first-order chi connectivity index (χ1) is 24.5. The van der Waals surface area contributed by atoms with Crippen molar-refractivity contribution in [1.29, 1.82) is 0 Å². The highest BCUT2D eigenvalue weighted by Crippen LogP contribution is 2.58. The summed E-state index contributed by atoms with van der Waals surface area (Å²) < 4.78 is 29.7. The maximum Gasteiger partial charge on any atom is 0.127 e. The fourth-order valence-electron chi connectivity index (χ4n) is 8.53. The molecule has 286 valence electrons. The third kappa shape index (κ3) is 9.53. The maximum absolute atomic E-state index is 14.7. The summed E-state index contributed by atoms with van der Waals surface area (Å²) in [6.45, 7) is 20.5. The Morgan fingerprint density at radius 1 is 0.750 bits per heavy atom. The molecule has 0 spiro atoms. The Labute approximate surface area is 321 Å². The number of benzene rings is 3. The van der Waals surface area contributed by atoms with Crippen LogP contribution in [-0.2, 0) is 28.4 Å². The normalized spacial score (nSPS) is 18.1. The van der Waals surface area contributed by atoms with Crippen LogP contribution >= 0.6 is 7.92 Å².